The van der Waals surface area contributed by atoms with E-state index in [0.717, 1.165) is 24.0 Å². The summed E-state index contributed by atoms with van der Waals surface area (Å²) in [7, 11) is 0. The van der Waals surface area contributed by atoms with E-state index >= 15 is 0 Å². The fourth-order valence-corrected chi connectivity index (χ4v) is 5.51. The first-order valence-corrected chi connectivity index (χ1v) is 12.6. The Morgan fingerprint density at radius 2 is 1.83 bits per heavy atom. The maximum absolute atomic E-state index is 13.7. The lowest BCUT2D eigenvalue weighted by Gasteiger charge is -2.26. The number of nitrogens with one attached hydrogen (secondary N) is 1. The average molecular weight is 488 g/mol. The molecule has 2 aliphatic rings. The molecule has 6 heteroatoms. The summed E-state index contributed by atoms with van der Waals surface area (Å²) in [4.78, 5) is 29.0. The van der Waals surface area contributed by atoms with Crippen LogP contribution >= 0.6 is 11.6 Å². The van der Waals surface area contributed by atoms with Gasteiger partial charge in [0.15, 0.2) is 0 Å². The van der Waals surface area contributed by atoms with Crippen LogP contribution in [0.1, 0.15) is 70.4 Å². The summed E-state index contributed by atoms with van der Waals surface area (Å²) in [5.41, 5.74) is 11.0. The summed E-state index contributed by atoms with van der Waals surface area (Å²) in [6, 6.07) is 22.6. The molecule has 3 aromatic rings. The molecule has 1 saturated heterocycles. The molecule has 0 saturated carbocycles. The van der Waals surface area contributed by atoms with Crippen molar-refractivity contribution in [2.24, 2.45) is 5.73 Å². The standard InChI is InChI=1S/C29H30ClN3O2/c1-18(31)21-6-4-7-22(15-21)29(35)33-17-23(19-9-12-24(30)13-10-19)16-27(33)28(34)32-26-14-11-20-5-2-3-8-25(20)26/h2-10,12-13,15,18,23,26-27H,11,14,16-17,31H2,1H3,(H,32,34)/t18?,23-,26+,27-/m0/s1. The number of likely N-dealkylation sites (tertiary alicyclic amines) is 1. The number of amides is 2. The predicted molar refractivity (Wildman–Crippen MR) is 138 cm³/mol. The molecule has 35 heavy (non-hydrogen) atoms. The first-order chi connectivity index (χ1) is 16.9. The smallest absolute Gasteiger partial charge is 0.254 e. The highest BCUT2D eigenvalue weighted by atomic mass is 35.5. The minimum absolute atomic E-state index is 0.0216. The van der Waals surface area contributed by atoms with Crippen molar-refractivity contribution in [2.45, 2.75) is 50.2 Å². The van der Waals surface area contributed by atoms with Gasteiger partial charge in [0.2, 0.25) is 5.91 Å². The number of carbonyl (C=O) groups excluding carboxylic acids is 2. The van der Waals surface area contributed by atoms with E-state index in [-0.39, 0.29) is 29.8 Å². The lowest BCUT2D eigenvalue weighted by atomic mass is 9.96. The molecule has 5 rings (SSSR count). The van der Waals surface area contributed by atoms with Gasteiger partial charge in [-0.2, -0.15) is 0 Å². The number of fused-ring (bicyclic) bond motifs is 1. The van der Waals surface area contributed by atoms with Crippen LogP contribution in [0.15, 0.2) is 72.8 Å². The number of benzene rings is 3. The predicted octanol–water partition coefficient (Wildman–Crippen LogP) is 5.16. The molecule has 1 heterocycles. The van der Waals surface area contributed by atoms with Crippen LogP contribution < -0.4 is 11.1 Å². The molecule has 1 aliphatic heterocycles. The number of halogens is 1. The van der Waals surface area contributed by atoms with E-state index in [1.165, 1.54) is 11.1 Å². The SMILES string of the molecule is CC(N)c1cccc(C(=O)N2C[C@@H](c3ccc(Cl)cc3)C[C@H]2C(=O)N[C@@H]2CCc3ccccc32)c1. The second kappa shape index (κ2) is 9.84. The molecule has 1 unspecified atom stereocenters. The summed E-state index contributed by atoms with van der Waals surface area (Å²) >= 11 is 6.09. The van der Waals surface area contributed by atoms with E-state index in [9.17, 15) is 9.59 Å². The molecule has 3 aromatic carbocycles. The number of nitrogens with zero attached hydrogens (tertiary/aromatic N) is 1. The highest BCUT2D eigenvalue weighted by Gasteiger charge is 2.41. The highest BCUT2D eigenvalue weighted by molar-refractivity contribution is 6.30. The third-order valence-corrected chi connectivity index (χ3v) is 7.57. The number of carbonyl (C=O) groups is 2. The van der Waals surface area contributed by atoms with Gasteiger partial charge < -0.3 is 16.0 Å². The van der Waals surface area contributed by atoms with Gasteiger partial charge in [-0.3, -0.25) is 9.59 Å². The Kier molecular flexibility index (Phi) is 6.63. The normalized spacial score (nSPS) is 22.0. The van der Waals surface area contributed by atoms with Gasteiger partial charge in [0.1, 0.15) is 6.04 Å². The highest BCUT2D eigenvalue weighted by Crippen LogP contribution is 2.36. The van der Waals surface area contributed by atoms with Gasteiger partial charge in [0, 0.05) is 29.1 Å². The molecule has 1 fully saturated rings. The van der Waals surface area contributed by atoms with Gasteiger partial charge in [0.05, 0.1) is 6.04 Å². The van der Waals surface area contributed by atoms with Crippen LogP contribution in [0, 0.1) is 0 Å². The van der Waals surface area contributed by atoms with Crippen molar-refractivity contribution in [1.29, 1.82) is 0 Å². The lowest BCUT2D eigenvalue weighted by molar-refractivity contribution is -0.125. The van der Waals surface area contributed by atoms with Crippen LogP contribution in [-0.2, 0) is 11.2 Å². The summed E-state index contributed by atoms with van der Waals surface area (Å²) < 4.78 is 0. The Hall–Kier alpha value is -3.15. The number of rotatable bonds is 5. The fourth-order valence-electron chi connectivity index (χ4n) is 5.38. The van der Waals surface area contributed by atoms with Crippen molar-refractivity contribution in [2.75, 3.05) is 6.54 Å². The topological polar surface area (TPSA) is 75.4 Å². The fraction of sp³-hybridized carbons (Fsp3) is 0.310. The van der Waals surface area contributed by atoms with Gasteiger partial charge >= 0.3 is 0 Å². The minimum atomic E-state index is -0.546. The number of hydrogen-bond acceptors (Lipinski definition) is 3. The van der Waals surface area contributed by atoms with E-state index < -0.39 is 6.04 Å². The number of nitrogens with two attached hydrogens (primary N) is 1. The molecule has 0 bridgehead atoms. The first-order valence-electron chi connectivity index (χ1n) is 12.2. The van der Waals surface area contributed by atoms with Gasteiger partial charge in [-0.1, -0.05) is 60.1 Å². The van der Waals surface area contributed by atoms with Gasteiger partial charge in [0.25, 0.3) is 5.91 Å². The summed E-state index contributed by atoms with van der Waals surface area (Å²) in [6.45, 7) is 2.37. The van der Waals surface area contributed by atoms with Crippen LogP contribution in [0.25, 0.3) is 0 Å². The van der Waals surface area contributed by atoms with Gasteiger partial charge in [-0.05, 0) is 72.7 Å². The summed E-state index contributed by atoms with van der Waals surface area (Å²) in [6.07, 6.45) is 2.40. The second-order valence-electron chi connectivity index (χ2n) is 9.67. The first kappa shape index (κ1) is 23.6. The molecule has 5 nitrogen and oxygen atoms in total. The number of aryl methyl sites for hydroxylation is 1. The van der Waals surface area contributed by atoms with Crippen molar-refractivity contribution in [1.82, 2.24) is 10.2 Å². The second-order valence-corrected chi connectivity index (χ2v) is 10.1. The zero-order valence-corrected chi connectivity index (χ0v) is 20.5. The summed E-state index contributed by atoms with van der Waals surface area (Å²) in [5.74, 6) is -0.185. The largest absolute Gasteiger partial charge is 0.347 e. The molecular weight excluding hydrogens is 458 g/mol. The molecule has 4 atom stereocenters. The average Bonchev–Trinajstić information content (AvgIpc) is 3.49. The maximum atomic E-state index is 13.7. The Morgan fingerprint density at radius 1 is 1.06 bits per heavy atom. The Morgan fingerprint density at radius 3 is 2.60 bits per heavy atom. The zero-order valence-electron chi connectivity index (χ0n) is 19.8. The van der Waals surface area contributed by atoms with Gasteiger partial charge in [-0.25, -0.2) is 0 Å². The molecule has 2 amide bonds. The van der Waals surface area contributed by atoms with Crippen LogP contribution in [0.2, 0.25) is 5.02 Å². The molecule has 0 radical (unpaired) electrons. The van der Waals surface area contributed by atoms with E-state index in [1.54, 1.807) is 11.0 Å². The van der Waals surface area contributed by atoms with Crippen LogP contribution in [0.3, 0.4) is 0 Å². The van der Waals surface area contributed by atoms with Crippen LogP contribution in [0.4, 0.5) is 0 Å². The van der Waals surface area contributed by atoms with Crippen molar-refractivity contribution in [3.05, 3.63) is 106 Å². The van der Waals surface area contributed by atoms with E-state index in [1.807, 2.05) is 61.5 Å². The quantitative estimate of drug-likeness (QED) is 0.521. The van der Waals surface area contributed by atoms with E-state index in [2.05, 4.69) is 17.4 Å². The van der Waals surface area contributed by atoms with Gasteiger partial charge in [-0.15, -0.1) is 0 Å². The summed E-state index contributed by atoms with van der Waals surface area (Å²) in [5, 5.41) is 3.92. The van der Waals surface area contributed by atoms with E-state index in [0.29, 0.717) is 23.6 Å². The molecule has 1 aliphatic carbocycles. The van der Waals surface area contributed by atoms with Crippen molar-refractivity contribution >= 4 is 23.4 Å². The van der Waals surface area contributed by atoms with Crippen molar-refractivity contribution < 1.29 is 9.59 Å². The maximum Gasteiger partial charge on any atom is 0.254 e. The molecule has 180 valence electrons. The molecule has 0 spiro atoms. The van der Waals surface area contributed by atoms with Crippen LogP contribution in [0.5, 0.6) is 0 Å². The Bertz CT molecular complexity index is 1240. The van der Waals surface area contributed by atoms with Crippen molar-refractivity contribution in [3.63, 3.8) is 0 Å². The zero-order chi connectivity index (χ0) is 24.5. The van der Waals surface area contributed by atoms with E-state index in [4.69, 9.17) is 17.3 Å². The van der Waals surface area contributed by atoms with Crippen molar-refractivity contribution in [3.8, 4) is 0 Å². The molecule has 0 aromatic heterocycles. The monoisotopic (exact) mass is 487 g/mol. The minimum Gasteiger partial charge on any atom is -0.347 e. The van der Waals surface area contributed by atoms with Crippen LogP contribution in [-0.4, -0.2) is 29.3 Å². The Balaban J connectivity index is 1.42. The molecular formula is C29H30ClN3O2. The third kappa shape index (κ3) is 4.84. The third-order valence-electron chi connectivity index (χ3n) is 7.31. The number of hydrogen-bond donors (Lipinski definition) is 2. The lowest BCUT2D eigenvalue weighted by Crippen LogP contribution is -2.46. The molecule has 3 N–H and O–H groups in total. The Labute approximate surface area is 211 Å².